The molecule has 4 bridgehead atoms. The van der Waals surface area contributed by atoms with Crippen LogP contribution in [0, 0.1) is 34.9 Å². The van der Waals surface area contributed by atoms with E-state index in [4.69, 9.17) is 5.11 Å². The number of Topliss-reactive ketones (excluding diaryl/α,β-unsaturated/α-hetero) is 1. The first kappa shape index (κ1) is 22.9. The van der Waals surface area contributed by atoms with Crippen molar-refractivity contribution >= 4 is 11.8 Å². The fourth-order valence-electron chi connectivity index (χ4n) is 7.47. The van der Waals surface area contributed by atoms with Crippen molar-refractivity contribution in [3.63, 3.8) is 0 Å². The Kier molecular flexibility index (Phi) is 5.60. The van der Waals surface area contributed by atoms with Gasteiger partial charge in [-0.2, -0.15) is 13.2 Å². The van der Waals surface area contributed by atoms with Gasteiger partial charge in [0.15, 0.2) is 11.7 Å². The summed E-state index contributed by atoms with van der Waals surface area (Å²) in [6.45, 7) is 0. The maximum Gasteiger partial charge on any atom is 0.402 e. The molecule has 1 N–H and O–H groups in total. The highest BCUT2D eigenvalue weighted by Gasteiger charge is 2.50. The number of ketones is 1. The number of benzene rings is 1. The second kappa shape index (κ2) is 8.09. The van der Waals surface area contributed by atoms with E-state index in [-0.39, 0.29) is 5.92 Å². The largest absolute Gasteiger partial charge is 0.481 e. The van der Waals surface area contributed by atoms with Crippen LogP contribution < -0.4 is 0 Å². The first-order chi connectivity index (χ1) is 15.5. The Morgan fingerprint density at radius 1 is 1.03 bits per heavy atom. The molecule has 0 spiro atoms. The predicted octanol–water partition coefficient (Wildman–Crippen LogP) is 6.69. The highest BCUT2D eigenvalue weighted by atomic mass is 19.4. The standard InChI is InChI=1S/C26H30F4O3/c27-22-8-18(3-4-25-11-14-5-15(12-25)7-16(6-14)13-25)19(17-1-2-17)9-20(22)23(31)10-21(24(32)33)26(28,29)30/h8-9,14-17,21H,1-7,10-13H2,(H,32,33). The maximum absolute atomic E-state index is 14.9. The number of alkyl halides is 3. The Hall–Kier alpha value is -1.92. The summed E-state index contributed by atoms with van der Waals surface area (Å²) < 4.78 is 54.0. The van der Waals surface area contributed by atoms with Crippen molar-refractivity contribution in [3.05, 3.63) is 34.6 Å². The fraction of sp³-hybridized carbons (Fsp3) is 0.692. The summed E-state index contributed by atoms with van der Waals surface area (Å²) in [5.41, 5.74) is 1.66. The van der Waals surface area contributed by atoms with Gasteiger partial charge < -0.3 is 5.11 Å². The zero-order valence-corrected chi connectivity index (χ0v) is 18.6. The Balaban J connectivity index is 1.35. The highest BCUT2D eigenvalue weighted by molar-refractivity contribution is 5.98. The van der Waals surface area contributed by atoms with E-state index in [0.29, 0.717) is 5.41 Å². The van der Waals surface area contributed by atoms with Gasteiger partial charge >= 0.3 is 12.1 Å². The van der Waals surface area contributed by atoms with Crippen molar-refractivity contribution in [1.29, 1.82) is 0 Å². The van der Waals surface area contributed by atoms with Crippen LogP contribution in [0.4, 0.5) is 17.6 Å². The third kappa shape index (κ3) is 4.57. The van der Waals surface area contributed by atoms with Crippen LogP contribution in [0.3, 0.4) is 0 Å². The molecule has 1 aromatic carbocycles. The van der Waals surface area contributed by atoms with Gasteiger partial charge in [0.05, 0.1) is 5.56 Å². The lowest BCUT2D eigenvalue weighted by molar-refractivity contribution is -0.192. The van der Waals surface area contributed by atoms with Crippen LogP contribution in [0.5, 0.6) is 0 Å². The average molecular weight is 467 g/mol. The lowest BCUT2D eigenvalue weighted by Crippen LogP contribution is -2.46. The molecule has 1 unspecified atom stereocenters. The second-order valence-electron chi connectivity index (χ2n) is 11.3. The van der Waals surface area contributed by atoms with Crippen molar-refractivity contribution in [2.45, 2.75) is 82.7 Å². The Bertz CT molecular complexity index is 928. The summed E-state index contributed by atoms with van der Waals surface area (Å²) in [4.78, 5) is 23.5. The average Bonchev–Trinajstić information content (AvgIpc) is 3.53. The quantitative estimate of drug-likeness (QED) is 0.343. The van der Waals surface area contributed by atoms with E-state index < -0.39 is 41.6 Å². The van der Waals surface area contributed by atoms with E-state index in [1.165, 1.54) is 50.7 Å². The summed E-state index contributed by atoms with van der Waals surface area (Å²) >= 11 is 0. The molecule has 6 rings (SSSR count). The van der Waals surface area contributed by atoms with Crippen LogP contribution in [-0.2, 0) is 11.2 Å². The fourth-order valence-corrected chi connectivity index (χ4v) is 7.47. The van der Waals surface area contributed by atoms with Gasteiger partial charge in [-0.15, -0.1) is 0 Å². The summed E-state index contributed by atoms with van der Waals surface area (Å²) in [6, 6.07) is 2.75. The summed E-state index contributed by atoms with van der Waals surface area (Å²) in [5.74, 6) is -4.20. The Morgan fingerprint density at radius 2 is 1.61 bits per heavy atom. The molecule has 0 saturated heterocycles. The van der Waals surface area contributed by atoms with Crippen LogP contribution in [0.2, 0.25) is 0 Å². The Labute approximate surface area is 190 Å². The van der Waals surface area contributed by atoms with Crippen molar-refractivity contribution < 1.29 is 32.3 Å². The zero-order chi connectivity index (χ0) is 23.5. The highest BCUT2D eigenvalue weighted by Crippen LogP contribution is 2.61. The van der Waals surface area contributed by atoms with Gasteiger partial charge in [-0.05, 0) is 117 Å². The number of hydrogen-bond donors (Lipinski definition) is 1. The molecule has 3 nitrogen and oxygen atoms in total. The van der Waals surface area contributed by atoms with Gasteiger partial charge in [-0.3, -0.25) is 9.59 Å². The van der Waals surface area contributed by atoms with E-state index in [2.05, 4.69) is 0 Å². The van der Waals surface area contributed by atoms with E-state index >= 15 is 0 Å². The first-order valence-corrected chi connectivity index (χ1v) is 12.2. The van der Waals surface area contributed by atoms with Crippen LogP contribution in [0.25, 0.3) is 0 Å². The molecule has 0 aliphatic heterocycles. The minimum Gasteiger partial charge on any atom is -0.481 e. The molecule has 5 fully saturated rings. The first-order valence-electron chi connectivity index (χ1n) is 12.2. The molecule has 33 heavy (non-hydrogen) atoms. The number of aliphatic carboxylic acids is 1. The summed E-state index contributed by atoms with van der Waals surface area (Å²) in [6.07, 6.45) is 5.05. The molecular weight excluding hydrogens is 436 g/mol. The van der Waals surface area contributed by atoms with Crippen molar-refractivity contribution in [2.75, 3.05) is 0 Å². The van der Waals surface area contributed by atoms with Crippen LogP contribution >= 0.6 is 0 Å². The predicted molar refractivity (Wildman–Crippen MR) is 113 cm³/mol. The molecule has 7 heteroatoms. The maximum atomic E-state index is 14.9. The van der Waals surface area contributed by atoms with Crippen LogP contribution in [0.1, 0.15) is 91.6 Å². The molecule has 5 aliphatic rings. The zero-order valence-electron chi connectivity index (χ0n) is 18.6. The third-order valence-corrected chi connectivity index (χ3v) is 8.72. The number of carbonyl (C=O) groups excluding carboxylic acids is 1. The molecular formula is C26H30F4O3. The summed E-state index contributed by atoms with van der Waals surface area (Å²) in [5, 5.41) is 8.89. The Morgan fingerprint density at radius 3 is 2.09 bits per heavy atom. The number of carbonyl (C=O) groups is 2. The SMILES string of the molecule is O=C(CC(C(=O)O)C(F)(F)F)c1cc(C2CC2)c(CCC23CC4CC(CC(C4)C2)C3)cc1F. The number of rotatable bonds is 8. The second-order valence-corrected chi connectivity index (χ2v) is 11.3. The molecule has 1 aromatic rings. The van der Waals surface area contributed by atoms with Crippen LogP contribution in [0.15, 0.2) is 12.1 Å². The van der Waals surface area contributed by atoms with Crippen molar-refractivity contribution in [2.24, 2.45) is 29.1 Å². The van der Waals surface area contributed by atoms with Gasteiger partial charge in [0, 0.05) is 6.42 Å². The van der Waals surface area contributed by atoms with Gasteiger partial charge in [0.2, 0.25) is 0 Å². The normalized spacial score (nSPS) is 31.6. The molecule has 180 valence electrons. The number of carboxylic acid groups (broad SMARTS) is 1. The number of halogens is 4. The molecule has 0 heterocycles. The lowest BCUT2D eigenvalue weighted by atomic mass is 9.48. The minimum absolute atomic E-state index is 0.210. The molecule has 0 aromatic heterocycles. The van der Waals surface area contributed by atoms with E-state index in [0.717, 1.165) is 54.6 Å². The monoisotopic (exact) mass is 466 g/mol. The van der Waals surface area contributed by atoms with E-state index in [9.17, 15) is 27.2 Å². The minimum atomic E-state index is -5.06. The van der Waals surface area contributed by atoms with Crippen molar-refractivity contribution in [1.82, 2.24) is 0 Å². The van der Waals surface area contributed by atoms with Gasteiger partial charge in [0.25, 0.3) is 0 Å². The van der Waals surface area contributed by atoms with Crippen molar-refractivity contribution in [3.8, 4) is 0 Å². The summed E-state index contributed by atoms with van der Waals surface area (Å²) in [7, 11) is 0. The smallest absolute Gasteiger partial charge is 0.402 e. The van der Waals surface area contributed by atoms with Gasteiger partial charge in [-0.1, -0.05) is 0 Å². The third-order valence-electron chi connectivity index (χ3n) is 8.72. The molecule has 1 atom stereocenters. The van der Waals surface area contributed by atoms with Gasteiger partial charge in [-0.25, -0.2) is 4.39 Å². The molecule has 0 amide bonds. The van der Waals surface area contributed by atoms with E-state index in [1.54, 1.807) is 0 Å². The lowest BCUT2D eigenvalue weighted by Gasteiger charge is -2.57. The number of carboxylic acids is 1. The van der Waals surface area contributed by atoms with E-state index in [1.807, 2.05) is 0 Å². The van der Waals surface area contributed by atoms with Crippen LogP contribution in [-0.4, -0.2) is 23.0 Å². The number of aryl methyl sites for hydroxylation is 1. The molecule has 5 saturated carbocycles. The number of hydrogen-bond acceptors (Lipinski definition) is 2. The molecule has 5 aliphatic carbocycles. The topological polar surface area (TPSA) is 54.4 Å². The molecule has 0 radical (unpaired) electrons. The van der Waals surface area contributed by atoms with Gasteiger partial charge in [0.1, 0.15) is 5.82 Å².